The van der Waals surface area contributed by atoms with Gasteiger partial charge in [0, 0.05) is 12.0 Å². The molecule has 0 aromatic heterocycles. The zero-order chi connectivity index (χ0) is 14.2. The molecule has 2 aromatic carbocycles. The van der Waals surface area contributed by atoms with E-state index in [2.05, 4.69) is 0 Å². The number of para-hydroxylation sites is 1. The first-order valence-electron chi connectivity index (χ1n) is 6.69. The van der Waals surface area contributed by atoms with Gasteiger partial charge < -0.3 is 4.74 Å². The molecule has 2 rings (SSSR count). The molecule has 0 aliphatic carbocycles. The van der Waals surface area contributed by atoms with Crippen LogP contribution in [0, 0.1) is 0 Å². The van der Waals surface area contributed by atoms with E-state index in [0.717, 1.165) is 16.9 Å². The van der Waals surface area contributed by atoms with Crippen LogP contribution in [0.5, 0.6) is 5.75 Å². The number of carbonyl (C=O) groups is 1. The van der Waals surface area contributed by atoms with Crippen LogP contribution in [0.3, 0.4) is 0 Å². The van der Waals surface area contributed by atoms with E-state index in [9.17, 15) is 4.79 Å². The summed E-state index contributed by atoms with van der Waals surface area (Å²) in [5.74, 6) is 0.818. The van der Waals surface area contributed by atoms with E-state index < -0.39 is 0 Å². The fourth-order valence-electron chi connectivity index (χ4n) is 1.96. The first-order chi connectivity index (χ1) is 9.79. The van der Waals surface area contributed by atoms with Crippen molar-refractivity contribution in [3.05, 3.63) is 71.8 Å². The number of hydrogen-bond acceptors (Lipinski definition) is 2. The Balaban J connectivity index is 1.94. The average Bonchev–Trinajstić information content (AvgIpc) is 2.48. The van der Waals surface area contributed by atoms with Gasteiger partial charge in [0.15, 0.2) is 5.78 Å². The van der Waals surface area contributed by atoms with E-state index in [1.54, 1.807) is 0 Å². The van der Waals surface area contributed by atoms with E-state index in [1.807, 2.05) is 73.7 Å². The average molecular weight is 266 g/mol. The van der Waals surface area contributed by atoms with Crippen LogP contribution in [0.15, 0.2) is 60.7 Å². The fraction of sp³-hybridized carbons (Fsp3) is 0.167. The van der Waals surface area contributed by atoms with Gasteiger partial charge in [-0.3, -0.25) is 4.79 Å². The highest BCUT2D eigenvalue weighted by Gasteiger charge is 2.06. The molecular weight excluding hydrogens is 248 g/mol. The SMILES string of the molecule is CC=Cc1ccccc1OCC(=O)Cc1ccccc1. The first-order valence-corrected chi connectivity index (χ1v) is 6.69. The minimum Gasteiger partial charge on any atom is -0.485 e. The minimum atomic E-state index is 0.0754. The van der Waals surface area contributed by atoms with E-state index in [4.69, 9.17) is 4.74 Å². The van der Waals surface area contributed by atoms with E-state index in [-0.39, 0.29) is 12.4 Å². The molecule has 0 atom stereocenters. The number of Topliss-reactive ketones (excluding diaryl/α,β-unsaturated/α-hetero) is 1. The quantitative estimate of drug-likeness (QED) is 0.792. The number of allylic oxidation sites excluding steroid dienone is 1. The summed E-state index contributed by atoms with van der Waals surface area (Å²) < 4.78 is 5.62. The van der Waals surface area contributed by atoms with Gasteiger partial charge in [-0.2, -0.15) is 0 Å². The van der Waals surface area contributed by atoms with Crippen LogP contribution in [0.1, 0.15) is 18.1 Å². The predicted molar refractivity (Wildman–Crippen MR) is 81.8 cm³/mol. The van der Waals surface area contributed by atoms with Crippen LogP contribution >= 0.6 is 0 Å². The van der Waals surface area contributed by atoms with Crippen molar-refractivity contribution in [3.63, 3.8) is 0 Å². The number of ketones is 1. The summed E-state index contributed by atoms with van der Waals surface area (Å²) in [6.07, 6.45) is 4.33. The Bertz CT molecular complexity index is 585. The van der Waals surface area contributed by atoms with Crippen LogP contribution in [0.4, 0.5) is 0 Å². The lowest BCUT2D eigenvalue weighted by molar-refractivity contribution is -0.120. The number of benzene rings is 2. The molecule has 2 aromatic rings. The number of carbonyl (C=O) groups excluding carboxylic acids is 1. The van der Waals surface area contributed by atoms with Gasteiger partial charge in [0.2, 0.25) is 0 Å². The van der Waals surface area contributed by atoms with Gasteiger partial charge in [-0.25, -0.2) is 0 Å². The largest absolute Gasteiger partial charge is 0.485 e. The van der Waals surface area contributed by atoms with Crippen molar-refractivity contribution in [3.8, 4) is 5.75 Å². The Morgan fingerprint density at radius 1 is 1.05 bits per heavy atom. The molecule has 0 saturated heterocycles. The number of ether oxygens (including phenoxy) is 1. The lowest BCUT2D eigenvalue weighted by Gasteiger charge is -2.08. The van der Waals surface area contributed by atoms with Crippen LogP contribution < -0.4 is 4.74 Å². The minimum absolute atomic E-state index is 0.0754. The van der Waals surface area contributed by atoms with Crippen LogP contribution in [-0.4, -0.2) is 12.4 Å². The second-order valence-electron chi connectivity index (χ2n) is 4.53. The lowest BCUT2D eigenvalue weighted by atomic mass is 10.1. The molecule has 0 saturated carbocycles. The van der Waals surface area contributed by atoms with E-state index in [0.29, 0.717) is 6.42 Å². The maximum absolute atomic E-state index is 11.9. The maximum atomic E-state index is 11.9. The summed E-state index contributed by atoms with van der Waals surface area (Å²) in [6.45, 7) is 2.06. The Kier molecular flexibility index (Phi) is 5.13. The topological polar surface area (TPSA) is 26.3 Å². The highest BCUT2D eigenvalue weighted by atomic mass is 16.5. The monoisotopic (exact) mass is 266 g/mol. The second kappa shape index (κ2) is 7.29. The first kappa shape index (κ1) is 14.1. The molecule has 0 bridgehead atoms. The molecule has 0 unspecified atom stereocenters. The van der Waals surface area contributed by atoms with Gasteiger partial charge in [-0.15, -0.1) is 0 Å². The van der Waals surface area contributed by atoms with Gasteiger partial charge in [0.25, 0.3) is 0 Å². The summed E-state index contributed by atoms with van der Waals surface area (Å²) in [5, 5.41) is 0. The zero-order valence-electron chi connectivity index (χ0n) is 11.6. The van der Waals surface area contributed by atoms with Crippen LogP contribution in [-0.2, 0) is 11.2 Å². The molecule has 0 N–H and O–H groups in total. The molecule has 0 spiro atoms. The third kappa shape index (κ3) is 4.09. The molecule has 0 aliphatic rings. The smallest absolute Gasteiger partial charge is 0.174 e. The van der Waals surface area contributed by atoms with Crippen LogP contribution in [0.2, 0.25) is 0 Å². The van der Waals surface area contributed by atoms with Crippen molar-refractivity contribution in [2.45, 2.75) is 13.3 Å². The van der Waals surface area contributed by atoms with Gasteiger partial charge >= 0.3 is 0 Å². The Morgan fingerprint density at radius 2 is 1.75 bits per heavy atom. The van der Waals surface area contributed by atoms with Gasteiger partial charge in [-0.05, 0) is 18.6 Å². The molecule has 102 valence electrons. The summed E-state index contributed by atoms with van der Waals surface area (Å²) in [4.78, 5) is 11.9. The van der Waals surface area contributed by atoms with Gasteiger partial charge in [0.1, 0.15) is 12.4 Å². The van der Waals surface area contributed by atoms with Crippen molar-refractivity contribution in [2.24, 2.45) is 0 Å². The lowest BCUT2D eigenvalue weighted by Crippen LogP contribution is -2.14. The van der Waals surface area contributed by atoms with Crippen molar-refractivity contribution in [1.29, 1.82) is 0 Å². The fourth-order valence-corrected chi connectivity index (χ4v) is 1.96. The Morgan fingerprint density at radius 3 is 2.50 bits per heavy atom. The summed E-state index contributed by atoms with van der Waals surface area (Å²) in [5.41, 5.74) is 2.00. The highest BCUT2D eigenvalue weighted by molar-refractivity contribution is 5.82. The third-order valence-corrected chi connectivity index (χ3v) is 2.90. The van der Waals surface area contributed by atoms with Crippen molar-refractivity contribution in [2.75, 3.05) is 6.61 Å². The number of rotatable bonds is 6. The highest BCUT2D eigenvalue weighted by Crippen LogP contribution is 2.19. The van der Waals surface area contributed by atoms with E-state index >= 15 is 0 Å². The summed E-state index contributed by atoms with van der Waals surface area (Å²) in [6, 6.07) is 17.4. The van der Waals surface area contributed by atoms with Crippen molar-refractivity contribution in [1.82, 2.24) is 0 Å². The normalized spacial score (nSPS) is 10.7. The number of hydrogen-bond donors (Lipinski definition) is 0. The zero-order valence-corrected chi connectivity index (χ0v) is 11.6. The second-order valence-corrected chi connectivity index (χ2v) is 4.53. The molecule has 0 heterocycles. The summed E-state index contributed by atoms with van der Waals surface area (Å²) >= 11 is 0. The Hall–Kier alpha value is -2.35. The predicted octanol–water partition coefficient (Wildman–Crippen LogP) is 3.91. The third-order valence-electron chi connectivity index (χ3n) is 2.90. The molecule has 0 radical (unpaired) electrons. The van der Waals surface area contributed by atoms with Gasteiger partial charge in [-0.1, -0.05) is 60.7 Å². The Labute approximate surface area is 119 Å². The van der Waals surface area contributed by atoms with Gasteiger partial charge in [0.05, 0.1) is 0 Å². The molecule has 0 aliphatic heterocycles. The van der Waals surface area contributed by atoms with Crippen LogP contribution in [0.25, 0.3) is 6.08 Å². The van der Waals surface area contributed by atoms with Crippen molar-refractivity contribution >= 4 is 11.9 Å². The standard InChI is InChI=1S/C18H18O2/c1-2-8-16-11-6-7-12-18(16)20-14-17(19)13-15-9-4-3-5-10-15/h2-12H,13-14H2,1H3. The molecule has 20 heavy (non-hydrogen) atoms. The van der Waals surface area contributed by atoms with Crippen molar-refractivity contribution < 1.29 is 9.53 Å². The maximum Gasteiger partial charge on any atom is 0.174 e. The summed E-state index contributed by atoms with van der Waals surface area (Å²) in [7, 11) is 0. The molecule has 0 fully saturated rings. The molecule has 2 heteroatoms. The molecule has 2 nitrogen and oxygen atoms in total. The molecular formula is C18H18O2. The molecule has 0 amide bonds. The van der Waals surface area contributed by atoms with E-state index in [1.165, 1.54) is 0 Å².